The zero-order chi connectivity index (χ0) is 13.6. The van der Waals surface area contributed by atoms with Gasteiger partial charge in [-0.1, -0.05) is 50.6 Å². The highest BCUT2D eigenvalue weighted by molar-refractivity contribution is 5.49. The van der Waals surface area contributed by atoms with E-state index in [1.165, 1.54) is 6.08 Å². The van der Waals surface area contributed by atoms with E-state index < -0.39 is 11.7 Å². The third-order valence-electron chi connectivity index (χ3n) is 2.08. The van der Waals surface area contributed by atoms with Crippen LogP contribution in [0.15, 0.2) is 72.9 Å². The molecular weight excluding hydrogens is 225 g/mol. The van der Waals surface area contributed by atoms with Gasteiger partial charge in [0, 0.05) is 5.57 Å². The molecule has 0 radical (unpaired) electrons. The molecule has 0 aromatic carbocycles. The number of alkyl halides is 3. The van der Waals surface area contributed by atoms with Crippen molar-refractivity contribution in [1.82, 2.24) is 0 Å². The maximum Gasteiger partial charge on any atom is 0.415 e. The smallest absolute Gasteiger partial charge is 0.166 e. The summed E-state index contributed by atoms with van der Waals surface area (Å²) in [4.78, 5) is 0. The van der Waals surface area contributed by atoms with Crippen molar-refractivity contribution in [3.05, 3.63) is 72.9 Å². The van der Waals surface area contributed by atoms with Gasteiger partial charge < -0.3 is 0 Å². The Kier molecular flexibility index (Phi) is 5.45. The molecule has 0 saturated heterocycles. The Bertz CT molecular complexity index is 404. The van der Waals surface area contributed by atoms with Crippen LogP contribution < -0.4 is 0 Å². The lowest BCUT2D eigenvalue weighted by Gasteiger charge is -2.07. The third-order valence-corrected chi connectivity index (χ3v) is 2.08. The van der Waals surface area contributed by atoms with Crippen LogP contribution in [0.25, 0.3) is 0 Å². The Morgan fingerprint density at radius 1 is 1.06 bits per heavy atom. The molecule has 17 heavy (non-hydrogen) atoms. The number of allylic oxidation sites excluding steroid dienone is 8. The van der Waals surface area contributed by atoms with E-state index in [4.69, 9.17) is 0 Å². The van der Waals surface area contributed by atoms with Crippen LogP contribution in [0.4, 0.5) is 13.2 Å². The fourth-order valence-electron chi connectivity index (χ4n) is 0.927. The van der Waals surface area contributed by atoms with Crippen LogP contribution in [0, 0.1) is 0 Å². The number of rotatable bonds is 5. The second kappa shape index (κ2) is 6.09. The molecule has 0 fully saturated rings. The number of hydrogen-bond acceptors (Lipinski definition) is 0. The Morgan fingerprint density at radius 3 is 2.00 bits per heavy atom. The van der Waals surface area contributed by atoms with Crippen LogP contribution in [0.1, 0.15) is 6.92 Å². The lowest BCUT2D eigenvalue weighted by molar-refractivity contribution is -0.0878. The van der Waals surface area contributed by atoms with Crippen LogP contribution in [0.3, 0.4) is 0 Å². The molecule has 0 atom stereocenters. The largest absolute Gasteiger partial charge is 0.415 e. The maximum absolute atomic E-state index is 12.2. The average molecular weight is 240 g/mol. The van der Waals surface area contributed by atoms with Gasteiger partial charge in [0.05, 0.1) is 0 Å². The van der Waals surface area contributed by atoms with E-state index in [1.54, 1.807) is 19.1 Å². The van der Waals surface area contributed by atoms with Crippen molar-refractivity contribution in [1.29, 1.82) is 0 Å². The van der Waals surface area contributed by atoms with Crippen molar-refractivity contribution in [3.8, 4) is 0 Å². The topological polar surface area (TPSA) is 0 Å². The van der Waals surface area contributed by atoms with Gasteiger partial charge >= 0.3 is 6.18 Å². The zero-order valence-corrected chi connectivity index (χ0v) is 9.77. The van der Waals surface area contributed by atoms with E-state index >= 15 is 0 Å². The highest BCUT2D eigenvalue weighted by atomic mass is 19.4. The van der Waals surface area contributed by atoms with Crippen molar-refractivity contribution >= 4 is 0 Å². The standard InChI is InChI=1S/C14H15F3/c1-6-7-10(2)13(5)11(3)8-9-12(4)14(15,16)17/h6-9H,1,3-5H2,2H3/b9-8-,10-7-. The molecule has 0 aliphatic heterocycles. The first-order valence-electron chi connectivity index (χ1n) is 4.82. The summed E-state index contributed by atoms with van der Waals surface area (Å²) in [5, 5.41) is 0. The van der Waals surface area contributed by atoms with Crippen LogP contribution >= 0.6 is 0 Å². The van der Waals surface area contributed by atoms with Gasteiger partial charge in [-0.25, -0.2) is 0 Å². The summed E-state index contributed by atoms with van der Waals surface area (Å²) in [5.41, 5.74) is 0.853. The molecule has 92 valence electrons. The SMILES string of the molecule is C=C/C=C(/C)C(=C)C(=C)/C=C\C(=C)C(F)(F)F. The minimum absolute atomic E-state index is 0.408. The van der Waals surface area contributed by atoms with Crippen molar-refractivity contribution in [2.45, 2.75) is 13.1 Å². The van der Waals surface area contributed by atoms with Crippen LogP contribution in [-0.2, 0) is 0 Å². The molecule has 0 nitrogen and oxygen atoms in total. The predicted octanol–water partition coefficient (Wildman–Crippen LogP) is 4.91. The van der Waals surface area contributed by atoms with Gasteiger partial charge in [-0.2, -0.15) is 13.2 Å². The average Bonchev–Trinajstić information content (AvgIpc) is 2.23. The lowest BCUT2D eigenvalue weighted by Crippen LogP contribution is -2.08. The molecule has 0 bridgehead atoms. The number of hydrogen-bond donors (Lipinski definition) is 0. The van der Waals surface area contributed by atoms with Crippen molar-refractivity contribution in [2.24, 2.45) is 0 Å². The normalized spacial score (nSPS) is 12.6. The van der Waals surface area contributed by atoms with Gasteiger partial charge in [0.1, 0.15) is 0 Å². The first-order chi connectivity index (χ1) is 7.70. The zero-order valence-electron chi connectivity index (χ0n) is 9.77. The molecule has 0 rings (SSSR count). The predicted molar refractivity (Wildman–Crippen MR) is 66.6 cm³/mol. The van der Waals surface area contributed by atoms with Gasteiger partial charge in [-0.15, -0.1) is 0 Å². The maximum atomic E-state index is 12.2. The molecule has 0 heterocycles. The quantitative estimate of drug-likeness (QED) is 0.599. The first-order valence-corrected chi connectivity index (χ1v) is 4.82. The van der Waals surface area contributed by atoms with E-state index in [2.05, 4.69) is 26.3 Å². The Balaban J connectivity index is 4.73. The van der Waals surface area contributed by atoms with Gasteiger partial charge in [0.25, 0.3) is 0 Å². The fourth-order valence-corrected chi connectivity index (χ4v) is 0.927. The van der Waals surface area contributed by atoms with Gasteiger partial charge in [0.15, 0.2) is 0 Å². The van der Waals surface area contributed by atoms with E-state index in [1.807, 2.05) is 0 Å². The summed E-state index contributed by atoms with van der Waals surface area (Å²) in [6.07, 6.45) is 1.00. The summed E-state index contributed by atoms with van der Waals surface area (Å²) in [6, 6.07) is 0. The monoisotopic (exact) mass is 240 g/mol. The van der Waals surface area contributed by atoms with Crippen molar-refractivity contribution < 1.29 is 13.2 Å². The van der Waals surface area contributed by atoms with Crippen molar-refractivity contribution in [3.63, 3.8) is 0 Å². The summed E-state index contributed by atoms with van der Waals surface area (Å²) in [6.45, 7) is 15.6. The van der Waals surface area contributed by atoms with E-state index in [0.717, 1.165) is 11.6 Å². The van der Waals surface area contributed by atoms with Gasteiger partial charge in [-0.3, -0.25) is 0 Å². The Morgan fingerprint density at radius 2 is 1.59 bits per heavy atom. The van der Waals surface area contributed by atoms with E-state index in [9.17, 15) is 13.2 Å². The molecule has 0 aliphatic carbocycles. The summed E-state index contributed by atoms with van der Waals surface area (Å²) in [5.74, 6) is 0. The van der Waals surface area contributed by atoms with E-state index in [-0.39, 0.29) is 0 Å². The molecule has 0 aliphatic rings. The van der Waals surface area contributed by atoms with E-state index in [0.29, 0.717) is 11.1 Å². The lowest BCUT2D eigenvalue weighted by atomic mass is 10.0. The molecule has 0 aromatic rings. The second-order valence-corrected chi connectivity index (χ2v) is 3.45. The molecule has 0 spiro atoms. The van der Waals surface area contributed by atoms with Crippen LogP contribution in [0.5, 0.6) is 0 Å². The highest BCUT2D eigenvalue weighted by Crippen LogP contribution is 2.26. The fraction of sp³-hybridized carbons (Fsp3) is 0.143. The van der Waals surface area contributed by atoms with Crippen molar-refractivity contribution in [2.75, 3.05) is 0 Å². The highest BCUT2D eigenvalue weighted by Gasteiger charge is 2.29. The molecule has 0 amide bonds. The molecule has 0 aromatic heterocycles. The summed E-state index contributed by atoms with van der Waals surface area (Å²) in [7, 11) is 0. The molecule has 0 unspecified atom stereocenters. The molecule has 3 heteroatoms. The van der Waals surface area contributed by atoms with Crippen LogP contribution in [-0.4, -0.2) is 6.18 Å². The molecule has 0 saturated carbocycles. The van der Waals surface area contributed by atoms with Gasteiger partial charge in [-0.05, 0) is 23.6 Å². The van der Waals surface area contributed by atoms with Gasteiger partial charge in [0.2, 0.25) is 0 Å². The molecular formula is C14H15F3. The minimum Gasteiger partial charge on any atom is -0.166 e. The van der Waals surface area contributed by atoms with Crippen LogP contribution in [0.2, 0.25) is 0 Å². The first kappa shape index (κ1) is 15.2. The minimum atomic E-state index is -4.41. The number of halogens is 3. The summed E-state index contributed by atoms with van der Waals surface area (Å²) >= 11 is 0. The molecule has 0 N–H and O–H groups in total. The second-order valence-electron chi connectivity index (χ2n) is 3.45. The third kappa shape index (κ3) is 5.20. The Labute approximate surface area is 99.8 Å². The summed E-state index contributed by atoms with van der Waals surface area (Å²) < 4.78 is 36.5. The Hall–Kier alpha value is -1.77.